The minimum atomic E-state index is -0.305. The average Bonchev–Trinajstić information content (AvgIpc) is 2.84. The molecule has 3 nitrogen and oxygen atoms in total. The SMILES string of the molecule is CCc1ccc(C(=O)C2OCCC2C)o1. The zero-order chi connectivity index (χ0) is 10.8. The Hall–Kier alpha value is -1.09. The van der Waals surface area contributed by atoms with E-state index in [-0.39, 0.29) is 11.9 Å². The summed E-state index contributed by atoms with van der Waals surface area (Å²) < 4.78 is 10.8. The summed E-state index contributed by atoms with van der Waals surface area (Å²) in [6, 6.07) is 3.60. The molecule has 0 radical (unpaired) electrons. The maximum absolute atomic E-state index is 12.0. The Kier molecular flexibility index (Phi) is 2.91. The van der Waals surface area contributed by atoms with Crippen molar-refractivity contribution in [2.24, 2.45) is 5.92 Å². The Bertz CT molecular complexity index is 354. The van der Waals surface area contributed by atoms with Crippen molar-refractivity contribution in [3.05, 3.63) is 23.7 Å². The zero-order valence-electron chi connectivity index (χ0n) is 9.16. The summed E-state index contributed by atoms with van der Waals surface area (Å²) in [5.74, 6) is 1.57. The van der Waals surface area contributed by atoms with Gasteiger partial charge in [-0.05, 0) is 24.5 Å². The number of aryl methyl sites for hydroxylation is 1. The molecule has 1 aromatic heterocycles. The fourth-order valence-corrected chi connectivity index (χ4v) is 1.87. The molecule has 0 amide bonds. The average molecular weight is 208 g/mol. The molecular formula is C12H16O3. The first kappa shape index (κ1) is 10.4. The van der Waals surface area contributed by atoms with Crippen LogP contribution in [-0.4, -0.2) is 18.5 Å². The number of hydrogen-bond donors (Lipinski definition) is 0. The number of carbonyl (C=O) groups is 1. The maximum atomic E-state index is 12.0. The summed E-state index contributed by atoms with van der Waals surface area (Å²) in [6.45, 7) is 4.72. The summed E-state index contributed by atoms with van der Waals surface area (Å²) in [4.78, 5) is 12.0. The predicted octanol–water partition coefficient (Wildman–Crippen LogP) is 2.45. The molecule has 2 heterocycles. The molecule has 3 heteroatoms. The van der Waals surface area contributed by atoms with Gasteiger partial charge >= 0.3 is 0 Å². The van der Waals surface area contributed by atoms with Crippen LogP contribution >= 0.6 is 0 Å². The molecule has 1 aliphatic rings. The molecule has 15 heavy (non-hydrogen) atoms. The third-order valence-electron chi connectivity index (χ3n) is 2.90. The van der Waals surface area contributed by atoms with Crippen LogP contribution in [-0.2, 0) is 11.2 Å². The van der Waals surface area contributed by atoms with E-state index >= 15 is 0 Å². The summed E-state index contributed by atoms with van der Waals surface area (Å²) >= 11 is 0. The van der Waals surface area contributed by atoms with Crippen molar-refractivity contribution < 1.29 is 13.9 Å². The van der Waals surface area contributed by atoms with E-state index < -0.39 is 0 Å². The van der Waals surface area contributed by atoms with Gasteiger partial charge in [-0.1, -0.05) is 13.8 Å². The van der Waals surface area contributed by atoms with Crippen molar-refractivity contribution in [3.8, 4) is 0 Å². The predicted molar refractivity (Wildman–Crippen MR) is 55.9 cm³/mol. The molecule has 82 valence electrons. The largest absolute Gasteiger partial charge is 0.458 e. The van der Waals surface area contributed by atoms with Gasteiger partial charge < -0.3 is 9.15 Å². The highest BCUT2D eigenvalue weighted by atomic mass is 16.5. The van der Waals surface area contributed by atoms with E-state index in [2.05, 4.69) is 0 Å². The van der Waals surface area contributed by atoms with E-state index in [1.165, 1.54) is 0 Å². The smallest absolute Gasteiger partial charge is 0.226 e. The topological polar surface area (TPSA) is 39.4 Å². The molecule has 1 aliphatic heterocycles. The Labute approximate surface area is 89.4 Å². The van der Waals surface area contributed by atoms with Crippen molar-refractivity contribution >= 4 is 5.78 Å². The number of hydrogen-bond acceptors (Lipinski definition) is 3. The summed E-state index contributed by atoms with van der Waals surface area (Å²) in [5.41, 5.74) is 0. The highest BCUT2D eigenvalue weighted by molar-refractivity contribution is 5.97. The zero-order valence-corrected chi connectivity index (χ0v) is 9.16. The fraction of sp³-hybridized carbons (Fsp3) is 0.583. The number of carbonyl (C=O) groups excluding carboxylic acids is 1. The highest BCUT2D eigenvalue weighted by Gasteiger charge is 2.33. The molecule has 0 N–H and O–H groups in total. The van der Waals surface area contributed by atoms with Crippen LogP contribution in [0.3, 0.4) is 0 Å². The van der Waals surface area contributed by atoms with Crippen molar-refractivity contribution in [3.63, 3.8) is 0 Å². The first-order valence-corrected chi connectivity index (χ1v) is 5.47. The van der Waals surface area contributed by atoms with E-state index in [1.54, 1.807) is 6.07 Å². The molecule has 2 rings (SSSR count). The van der Waals surface area contributed by atoms with Gasteiger partial charge in [0.15, 0.2) is 5.76 Å². The molecular weight excluding hydrogens is 192 g/mol. The van der Waals surface area contributed by atoms with Crippen molar-refractivity contribution in [2.45, 2.75) is 32.8 Å². The van der Waals surface area contributed by atoms with Gasteiger partial charge in [0, 0.05) is 13.0 Å². The number of ether oxygens (including phenoxy) is 1. The van der Waals surface area contributed by atoms with Gasteiger partial charge in [0.1, 0.15) is 11.9 Å². The van der Waals surface area contributed by atoms with Crippen LogP contribution in [0.4, 0.5) is 0 Å². The number of rotatable bonds is 3. The summed E-state index contributed by atoms with van der Waals surface area (Å²) in [7, 11) is 0. The fourth-order valence-electron chi connectivity index (χ4n) is 1.87. The second-order valence-electron chi connectivity index (χ2n) is 4.04. The lowest BCUT2D eigenvalue weighted by atomic mass is 9.99. The lowest BCUT2D eigenvalue weighted by Crippen LogP contribution is -2.24. The minimum Gasteiger partial charge on any atom is -0.458 e. The quantitative estimate of drug-likeness (QED) is 0.716. The van der Waals surface area contributed by atoms with E-state index in [0.717, 1.165) is 18.6 Å². The maximum Gasteiger partial charge on any atom is 0.226 e. The molecule has 0 aromatic carbocycles. The monoisotopic (exact) mass is 208 g/mol. The molecule has 0 bridgehead atoms. The molecule has 1 saturated heterocycles. The summed E-state index contributed by atoms with van der Waals surface area (Å²) in [6.07, 6.45) is 1.47. The van der Waals surface area contributed by atoms with Crippen LogP contribution in [0.25, 0.3) is 0 Å². The lowest BCUT2D eigenvalue weighted by molar-refractivity contribution is 0.0551. The van der Waals surface area contributed by atoms with Gasteiger partial charge in [-0.2, -0.15) is 0 Å². The molecule has 2 unspecified atom stereocenters. The molecule has 2 atom stereocenters. The normalized spacial score (nSPS) is 25.7. The minimum absolute atomic E-state index is 0.0142. The number of furan rings is 1. The first-order valence-electron chi connectivity index (χ1n) is 5.47. The Morgan fingerprint density at radius 3 is 2.87 bits per heavy atom. The van der Waals surface area contributed by atoms with E-state index in [0.29, 0.717) is 18.3 Å². The van der Waals surface area contributed by atoms with Crippen LogP contribution in [0.2, 0.25) is 0 Å². The van der Waals surface area contributed by atoms with Gasteiger partial charge in [-0.15, -0.1) is 0 Å². The molecule has 0 saturated carbocycles. The number of Topliss-reactive ketones (excluding diaryl/α,β-unsaturated/α-hetero) is 1. The Morgan fingerprint density at radius 2 is 2.33 bits per heavy atom. The molecule has 0 aliphatic carbocycles. The highest BCUT2D eigenvalue weighted by Crippen LogP contribution is 2.24. The Balaban J connectivity index is 2.13. The molecule has 1 fully saturated rings. The third kappa shape index (κ3) is 1.97. The third-order valence-corrected chi connectivity index (χ3v) is 2.90. The molecule has 1 aromatic rings. The van der Waals surface area contributed by atoms with Crippen molar-refractivity contribution in [2.75, 3.05) is 6.61 Å². The van der Waals surface area contributed by atoms with Gasteiger partial charge in [-0.25, -0.2) is 0 Å². The van der Waals surface area contributed by atoms with Gasteiger partial charge in [0.25, 0.3) is 0 Å². The second kappa shape index (κ2) is 4.19. The lowest BCUT2D eigenvalue weighted by Gasteiger charge is -2.10. The van der Waals surface area contributed by atoms with Crippen LogP contribution in [0.5, 0.6) is 0 Å². The second-order valence-corrected chi connectivity index (χ2v) is 4.04. The molecule has 0 spiro atoms. The van der Waals surface area contributed by atoms with E-state index in [4.69, 9.17) is 9.15 Å². The van der Waals surface area contributed by atoms with Crippen LogP contribution in [0.1, 0.15) is 36.6 Å². The number of ketones is 1. The van der Waals surface area contributed by atoms with Crippen molar-refractivity contribution in [1.29, 1.82) is 0 Å². The first-order chi connectivity index (χ1) is 7.22. The Morgan fingerprint density at radius 1 is 1.53 bits per heavy atom. The standard InChI is InChI=1S/C12H16O3/c1-3-9-4-5-10(15-9)11(13)12-8(2)6-7-14-12/h4-5,8,12H,3,6-7H2,1-2H3. The summed E-state index contributed by atoms with van der Waals surface area (Å²) in [5, 5.41) is 0. The van der Waals surface area contributed by atoms with Crippen LogP contribution < -0.4 is 0 Å². The van der Waals surface area contributed by atoms with Gasteiger partial charge in [-0.3, -0.25) is 4.79 Å². The van der Waals surface area contributed by atoms with Gasteiger partial charge in [0.05, 0.1) is 0 Å². The van der Waals surface area contributed by atoms with Crippen LogP contribution in [0, 0.1) is 5.92 Å². The van der Waals surface area contributed by atoms with E-state index in [1.807, 2.05) is 19.9 Å². The van der Waals surface area contributed by atoms with Gasteiger partial charge in [0.2, 0.25) is 5.78 Å². The van der Waals surface area contributed by atoms with Crippen LogP contribution in [0.15, 0.2) is 16.5 Å². The van der Waals surface area contributed by atoms with E-state index in [9.17, 15) is 4.79 Å². The van der Waals surface area contributed by atoms with Crippen molar-refractivity contribution in [1.82, 2.24) is 0 Å².